The summed E-state index contributed by atoms with van der Waals surface area (Å²) in [5.74, 6) is 0.0711. The van der Waals surface area contributed by atoms with Crippen LogP contribution in [0.3, 0.4) is 0 Å². The normalized spacial score (nSPS) is 19.1. The Balaban J connectivity index is 1.81. The van der Waals surface area contributed by atoms with Crippen LogP contribution in [-0.4, -0.2) is 33.6 Å². The molecule has 0 aromatic carbocycles. The summed E-state index contributed by atoms with van der Waals surface area (Å²) in [6, 6.07) is 5.50. The fourth-order valence-electron chi connectivity index (χ4n) is 2.68. The van der Waals surface area contributed by atoms with E-state index in [1.54, 1.807) is 24.4 Å². The summed E-state index contributed by atoms with van der Waals surface area (Å²) in [5, 5.41) is 7.83. The van der Waals surface area contributed by atoms with E-state index >= 15 is 0 Å². The quantitative estimate of drug-likeness (QED) is 0.833. The molecule has 6 nitrogen and oxygen atoms in total. The van der Waals surface area contributed by atoms with Gasteiger partial charge in [-0.3, -0.25) is 9.48 Å². The van der Waals surface area contributed by atoms with E-state index in [1.807, 2.05) is 10.9 Å². The molecule has 2 aromatic heterocycles. The van der Waals surface area contributed by atoms with Crippen LogP contribution < -0.4 is 11.1 Å². The highest BCUT2D eigenvalue weighted by Gasteiger charge is 2.19. The van der Waals surface area contributed by atoms with Gasteiger partial charge in [0.05, 0.1) is 11.6 Å². The molecule has 2 aromatic rings. The lowest BCUT2D eigenvalue weighted by Gasteiger charge is -2.13. The van der Waals surface area contributed by atoms with Crippen molar-refractivity contribution < 1.29 is 4.79 Å². The van der Waals surface area contributed by atoms with E-state index < -0.39 is 0 Å². The molecule has 1 aliphatic heterocycles. The maximum Gasteiger partial charge on any atom is 0.216 e. The van der Waals surface area contributed by atoms with Crippen LogP contribution in [0.15, 0.2) is 30.6 Å². The van der Waals surface area contributed by atoms with E-state index in [0.717, 1.165) is 32.4 Å². The highest BCUT2D eigenvalue weighted by Crippen LogP contribution is 2.20. The van der Waals surface area contributed by atoms with E-state index in [1.165, 1.54) is 0 Å². The van der Waals surface area contributed by atoms with Crippen molar-refractivity contribution in [2.24, 2.45) is 0 Å². The fraction of sp³-hybridized carbons (Fsp3) is 0.400. The van der Waals surface area contributed by atoms with Gasteiger partial charge in [0.2, 0.25) is 5.78 Å². The number of hydrogen-bond acceptors (Lipinski definition) is 5. The average Bonchev–Trinajstić information content (AvgIpc) is 2.83. The number of rotatable bonds is 3. The van der Waals surface area contributed by atoms with Crippen LogP contribution >= 0.6 is 0 Å². The van der Waals surface area contributed by atoms with Gasteiger partial charge in [-0.05, 0) is 50.6 Å². The van der Waals surface area contributed by atoms with Crippen molar-refractivity contribution in [1.29, 1.82) is 0 Å². The van der Waals surface area contributed by atoms with Gasteiger partial charge in [-0.1, -0.05) is 0 Å². The number of nitrogens with two attached hydrogens (primary N) is 1. The summed E-state index contributed by atoms with van der Waals surface area (Å²) in [5.41, 5.74) is 6.59. The highest BCUT2D eigenvalue weighted by atomic mass is 16.1. The maximum absolute atomic E-state index is 12.4. The molecule has 0 aliphatic carbocycles. The molecule has 1 fully saturated rings. The number of hydrogen-bond donors (Lipinski definition) is 2. The third-order valence-corrected chi connectivity index (χ3v) is 3.84. The van der Waals surface area contributed by atoms with Gasteiger partial charge >= 0.3 is 0 Å². The third-order valence-electron chi connectivity index (χ3n) is 3.84. The molecule has 1 atom stereocenters. The van der Waals surface area contributed by atoms with Gasteiger partial charge in [0.25, 0.3) is 0 Å². The average molecular weight is 285 g/mol. The first-order chi connectivity index (χ1) is 10.3. The van der Waals surface area contributed by atoms with Gasteiger partial charge in [-0.15, -0.1) is 0 Å². The molecule has 0 amide bonds. The molecular formula is C15H19N5O. The van der Waals surface area contributed by atoms with E-state index in [2.05, 4.69) is 15.4 Å². The zero-order chi connectivity index (χ0) is 14.7. The molecule has 21 heavy (non-hydrogen) atoms. The highest BCUT2D eigenvalue weighted by molar-refractivity contribution is 6.10. The Kier molecular flexibility index (Phi) is 3.96. The summed E-state index contributed by atoms with van der Waals surface area (Å²) in [7, 11) is 0. The minimum absolute atomic E-state index is 0.175. The number of carbonyl (C=O) groups is 1. The summed E-state index contributed by atoms with van der Waals surface area (Å²) in [4.78, 5) is 16.4. The first-order valence-electron chi connectivity index (χ1n) is 7.27. The van der Waals surface area contributed by atoms with Gasteiger partial charge in [-0.2, -0.15) is 5.10 Å². The van der Waals surface area contributed by atoms with Crippen molar-refractivity contribution in [3.05, 3.63) is 41.9 Å². The van der Waals surface area contributed by atoms with Crippen molar-refractivity contribution >= 4 is 11.6 Å². The van der Waals surface area contributed by atoms with Crippen LogP contribution in [-0.2, 0) is 0 Å². The van der Waals surface area contributed by atoms with E-state index in [9.17, 15) is 4.79 Å². The van der Waals surface area contributed by atoms with Crippen LogP contribution in [0.25, 0.3) is 0 Å². The maximum atomic E-state index is 12.4. The molecule has 3 heterocycles. The molecule has 1 saturated heterocycles. The number of anilines is 1. The first kappa shape index (κ1) is 13.8. The summed E-state index contributed by atoms with van der Waals surface area (Å²) >= 11 is 0. The predicted octanol–water partition coefficient (Wildman–Crippen LogP) is 1.41. The summed E-state index contributed by atoms with van der Waals surface area (Å²) in [6.45, 7) is 2.04. The predicted molar refractivity (Wildman–Crippen MR) is 80.1 cm³/mol. The Morgan fingerprint density at radius 2 is 2.24 bits per heavy atom. The molecule has 110 valence electrons. The number of pyridine rings is 1. The first-order valence-corrected chi connectivity index (χ1v) is 7.27. The summed E-state index contributed by atoms with van der Waals surface area (Å²) < 4.78 is 1.91. The second kappa shape index (κ2) is 6.05. The number of nitrogens with zero attached hydrogens (tertiary/aromatic N) is 3. The van der Waals surface area contributed by atoms with E-state index in [0.29, 0.717) is 17.3 Å². The topological polar surface area (TPSA) is 85.8 Å². The van der Waals surface area contributed by atoms with Crippen molar-refractivity contribution in [2.75, 3.05) is 18.8 Å². The number of carbonyl (C=O) groups excluding carboxylic acids is 1. The second-order valence-corrected chi connectivity index (χ2v) is 5.28. The number of ketones is 1. The van der Waals surface area contributed by atoms with Gasteiger partial charge in [0.1, 0.15) is 11.5 Å². The van der Waals surface area contributed by atoms with Crippen molar-refractivity contribution in [3.8, 4) is 0 Å². The molecule has 1 aliphatic rings. The lowest BCUT2D eigenvalue weighted by Crippen LogP contribution is -2.16. The van der Waals surface area contributed by atoms with Gasteiger partial charge < -0.3 is 11.1 Å². The van der Waals surface area contributed by atoms with Gasteiger partial charge in [0.15, 0.2) is 0 Å². The minimum atomic E-state index is -0.175. The molecule has 6 heteroatoms. The Morgan fingerprint density at radius 3 is 3.10 bits per heavy atom. The molecule has 3 N–H and O–H groups in total. The van der Waals surface area contributed by atoms with Gasteiger partial charge in [0, 0.05) is 12.4 Å². The van der Waals surface area contributed by atoms with Crippen LogP contribution in [0.4, 0.5) is 5.82 Å². The van der Waals surface area contributed by atoms with Crippen molar-refractivity contribution in [1.82, 2.24) is 20.1 Å². The molecule has 0 saturated carbocycles. The third kappa shape index (κ3) is 2.95. The zero-order valence-electron chi connectivity index (χ0n) is 11.8. The molecule has 1 unspecified atom stereocenters. The SMILES string of the molecule is Nc1ncccc1C(=O)c1ccn(C2CCCNCC2)n1. The van der Waals surface area contributed by atoms with Crippen LogP contribution in [0.1, 0.15) is 41.4 Å². The molecule has 3 rings (SSSR count). The Bertz CT molecular complexity index is 628. The van der Waals surface area contributed by atoms with Gasteiger partial charge in [-0.25, -0.2) is 4.98 Å². The largest absolute Gasteiger partial charge is 0.383 e. The number of aromatic nitrogens is 3. The summed E-state index contributed by atoms with van der Waals surface area (Å²) in [6.07, 6.45) is 6.70. The van der Waals surface area contributed by atoms with Crippen LogP contribution in [0.2, 0.25) is 0 Å². The lowest BCUT2D eigenvalue weighted by molar-refractivity contribution is 0.103. The number of nitrogens with one attached hydrogen (secondary N) is 1. The Hall–Kier alpha value is -2.21. The fourth-order valence-corrected chi connectivity index (χ4v) is 2.68. The zero-order valence-corrected chi connectivity index (χ0v) is 11.8. The van der Waals surface area contributed by atoms with E-state index in [-0.39, 0.29) is 11.6 Å². The second-order valence-electron chi connectivity index (χ2n) is 5.28. The van der Waals surface area contributed by atoms with Crippen molar-refractivity contribution in [3.63, 3.8) is 0 Å². The number of nitrogen functional groups attached to an aromatic ring is 1. The van der Waals surface area contributed by atoms with Crippen molar-refractivity contribution in [2.45, 2.75) is 25.3 Å². The van der Waals surface area contributed by atoms with Crippen LogP contribution in [0.5, 0.6) is 0 Å². The monoisotopic (exact) mass is 285 g/mol. The molecule has 0 bridgehead atoms. The molecule has 0 spiro atoms. The Labute approximate surface area is 123 Å². The molecule has 0 radical (unpaired) electrons. The van der Waals surface area contributed by atoms with Crippen LogP contribution in [0, 0.1) is 0 Å². The van der Waals surface area contributed by atoms with E-state index in [4.69, 9.17) is 5.73 Å². The molecular weight excluding hydrogens is 266 g/mol. The standard InChI is InChI=1S/C15H19N5O/c16-15-12(4-2-8-18-15)14(21)13-6-10-20(19-13)11-3-1-7-17-9-5-11/h2,4,6,8,10-11,17H,1,3,5,7,9H2,(H2,16,18). The lowest BCUT2D eigenvalue weighted by atomic mass is 10.1. The minimum Gasteiger partial charge on any atom is -0.383 e. The Morgan fingerprint density at radius 1 is 1.33 bits per heavy atom. The smallest absolute Gasteiger partial charge is 0.216 e.